The van der Waals surface area contributed by atoms with Gasteiger partial charge in [-0.25, -0.2) is 0 Å². The van der Waals surface area contributed by atoms with Crippen LogP contribution in [0, 0.1) is 30.9 Å². The molecule has 0 saturated heterocycles. The average Bonchev–Trinajstić information content (AvgIpc) is 2.51. The van der Waals surface area contributed by atoms with Gasteiger partial charge in [-0.3, -0.25) is 14.9 Å². The molecule has 0 aliphatic rings. The van der Waals surface area contributed by atoms with Crippen molar-refractivity contribution in [2.75, 3.05) is 0 Å². The third kappa shape index (κ3) is 2.80. The molecule has 3 rings (SSSR count). The Morgan fingerprint density at radius 1 is 1.00 bits per heavy atom. The molecule has 1 aromatic heterocycles. The van der Waals surface area contributed by atoms with Crippen LogP contribution in [0.25, 0.3) is 10.9 Å². The molecule has 122 valence electrons. The van der Waals surface area contributed by atoms with Crippen LogP contribution < -0.4 is 5.56 Å². The van der Waals surface area contributed by atoms with Crippen LogP contribution in [0.3, 0.4) is 0 Å². The lowest BCUT2D eigenvalue weighted by molar-refractivity contribution is -0.384. The Kier molecular flexibility index (Phi) is 3.93. The lowest BCUT2D eigenvalue weighted by Crippen LogP contribution is -2.21. The van der Waals surface area contributed by atoms with Crippen molar-refractivity contribution in [1.82, 2.24) is 4.57 Å². The molecule has 0 saturated carbocycles. The number of hydrogen-bond acceptors (Lipinski definition) is 3. The van der Waals surface area contributed by atoms with E-state index >= 15 is 0 Å². The van der Waals surface area contributed by atoms with Crippen LogP contribution >= 0.6 is 0 Å². The van der Waals surface area contributed by atoms with Crippen molar-refractivity contribution in [2.24, 2.45) is 0 Å². The first-order valence-corrected chi connectivity index (χ1v) is 7.71. The van der Waals surface area contributed by atoms with E-state index in [0.717, 1.165) is 33.2 Å². The number of aromatic nitrogens is 1. The first-order valence-electron chi connectivity index (χ1n) is 7.71. The summed E-state index contributed by atoms with van der Waals surface area (Å²) >= 11 is 0. The fourth-order valence-corrected chi connectivity index (χ4v) is 3.13. The second-order valence-electron chi connectivity index (χ2n) is 6.15. The highest BCUT2D eigenvalue weighted by Gasteiger charge is 2.11. The summed E-state index contributed by atoms with van der Waals surface area (Å²) in [5.41, 5.74) is 4.92. The predicted octanol–water partition coefficient (Wildman–Crippen LogP) is 3.88. The molecule has 0 spiro atoms. The Labute approximate surface area is 139 Å². The van der Waals surface area contributed by atoms with E-state index < -0.39 is 4.92 Å². The van der Waals surface area contributed by atoms with Crippen molar-refractivity contribution in [3.05, 3.63) is 85.2 Å². The van der Waals surface area contributed by atoms with Gasteiger partial charge in [-0.1, -0.05) is 23.8 Å². The molecule has 0 amide bonds. The van der Waals surface area contributed by atoms with E-state index in [-0.39, 0.29) is 11.2 Å². The normalized spacial score (nSPS) is 11.0. The molecule has 0 radical (unpaired) electrons. The van der Waals surface area contributed by atoms with Crippen LogP contribution in [-0.4, -0.2) is 9.49 Å². The number of hydrogen-bond donors (Lipinski definition) is 0. The molecule has 1 heterocycles. The SMILES string of the molecule is Cc1cc(C)c2c(c1)c(C)cc(=O)n2Cc1ccc([N+](=O)[O-])cc1. The molecule has 0 aliphatic carbocycles. The number of aryl methyl sites for hydroxylation is 3. The molecular weight excluding hydrogens is 304 g/mol. The van der Waals surface area contributed by atoms with Gasteiger partial charge >= 0.3 is 0 Å². The standard InChI is InChI=1S/C19H18N2O3/c1-12-8-14(3)19-17(9-12)13(2)10-18(22)20(19)11-15-4-6-16(7-5-15)21(23)24/h4-10H,11H2,1-3H3. The van der Waals surface area contributed by atoms with E-state index in [0.29, 0.717) is 6.54 Å². The summed E-state index contributed by atoms with van der Waals surface area (Å²) in [4.78, 5) is 22.9. The van der Waals surface area contributed by atoms with Gasteiger partial charge in [0.2, 0.25) is 0 Å². The van der Waals surface area contributed by atoms with Gasteiger partial charge in [0.25, 0.3) is 11.2 Å². The van der Waals surface area contributed by atoms with Crippen molar-refractivity contribution in [3.8, 4) is 0 Å². The molecule has 0 bridgehead atoms. The molecule has 5 heteroatoms. The van der Waals surface area contributed by atoms with Gasteiger partial charge in [-0.2, -0.15) is 0 Å². The fourth-order valence-electron chi connectivity index (χ4n) is 3.13. The first kappa shape index (κ1) is 15.9. The molecule has 0 unspecified atom stereocenters. The Balaban J connectivity index is 2.15. The van der Waals surface area contributed by atoms with E-state index in [2.05, 4.69) is 12.1 Å². The van der Waals surface area contributed by atoms with Crippen molar-refractivity contribution in [2.45, 2.75) is 27.3 Å². The zero-order valence-corrected chi connectivity index (χ0v) is 13.9. The maximum Gasteiger partial charge on any atom is 0.269 e. The number of nitro benzene ring substituents is 1. The van der Waals surface area contributed by atoms with Crippen LogP contribution in [0.5, 0.6) is 0 Å². The number of benzene rings is 2. The third-order valence-corrected chi connectivity index (χ3v) is 4.23. The molecule has 0 fully saturated rings. The number of non-ortho nitro benzene ring substituents is 1. The molecule has 3 aromatic rings. The summed E-state index contributed by atoms with van der Waals surface area (Å²) in [5, 5.41) is 11.8. The second kappa shape index (κ2) is 5.92. The quantitative estimate of drug-likeness (QED) is 0.543. The molecule has 0 aliphatic heterocycles. The number of nitro groups is 1. The van der Waals surface area contributed by atoms with Gasteiger partial charge in [-0.15, -0.1) is 0 Å². The highest BCUT2D eigenvalue weighted by atomic mass is 16.6. The molecule has 0 N–H and O–H groups in total. The van der Waals surface area contributed by atoms with Gasteiger partial charge in [0, 0.05) is 23.6 Å². The van der Waals surface area contributed by atoms with Gasteiger partial charge in [0.15, 0.2) is 0 Å². The molecular formula is C19H18N2O3. The summed E-state index contributed by atoms with van der Waals surface area (Å²) in [6, 6.07) is 12.1. The highest BCUT2D eigenvalue weighted by Crippen LogP contribution is 2.23. The van der Waals surface area contributed by atoms with E-state index in [1.54, 1.807) is 22.8 Å². The number of pyridine rings is 1. The smallest absolute Gasteiger partial charge is 0.269 e. The minimum Gasteiger partial charge on any atom is -0.304 e. The van der Waals surface area contributed by atoms with Crippen molar-refractivity contribution in [1.29, 1.82) is 0 Å². The lowest BCUT2D eigenvalue weighted by Gasteiger charge is -2.15. The largest absolute Gasteiger partial charge is 0.304 e. The predicted molar refractivity (Wildman–Crippen MR) is 94.6 cm³/mol. The van der Waals surface area contributed by atoms with Gasteiger partial charge in [0.05, 0.1) is 17.0 Å². The fraction of sp³-hybridized carbons (Fsp3) is 0.211. The Morgan fingerprint density at radius 2 is 1.67 bits per heavy atom. The Morgan fingerprint density at radius 3 is 2.29 bits per heavy atom. The highest BCUT2D eigenvalue weighted by molar-refractivity contribution is 5.86. The van der Waals surface area contributed by atoms with Crippen LogP contribution in [-0.2, 0) is 6.54 Å². The van der Waals surface area contributed by atoms with Crippen LogP contribution in [0.1, 0.15) is 22.3 Å². The topological polar surface area (TPSA) is 65.1 Å². The number of rotatable bonds is 3. The van der Waals surface area contributed by atoms with Crippen LogP contribution in [0.2, 0.25) is 0 Å². The monoisotopic (exact) mass is 322 g/mol. The van der Waals surface area contributed by atoms with E-state index in [1.807, 2.05) is 20.8 Å². The first-order chi connectivity index (χ1) is 11.4. The lowest BCUT2D eigenvalue weighted by atomic mass is 10.0. The van der Waals surface area contributed by atoms with Gasteiger partial charge < -0.3 is 4.57 Å². The Hall–Kier alpha value is -2.95. The number of fused-ring (bicyclic) bond motifs is 1. The van der Waals surface area contributed by atoms with Gasteiger partial charge in [-0.05, 0) is 43.5 Å². The maximum atomic E-state index is 12.5. The summed E-state index contributed by atoms with van der Waals surface area (Å²) in [6.07, 6.45) is 0. The second-order valence-corrected chi connectivity index (χ2v) is 6.15. The third-order valence-electron chi connectivity index (χ3n) is 4.23. The molecule has 2 aromatic carbocycles. The summed E-state index contributed by atoms with van der Waals surface area (Å²) in [5.74, 6) is 0. The van der Waals surface area contributed by atoms with Gasteiger partial charge in [0.1, 0.15) is 0 Å². The van der Waals surface area contributed by atoms with Crippen LogP contribution in [0.15, 0.2) is 47.3 Å². The van der Waals surface area contributed by atoms with Crippen molar-refractivity contribution in [3.63, 3.8) is 0 Å². The van der Waals surface area contributed by atoms with E-state index in [4.69, 9.17) is 0 Å². The Bertz CT molecular complexity index is 1000. The zero-order valence-electron chi connectivity index (χ0n) is 13.9. The number of nitrogens with zero attached hydrogens (tertiary/aromatic N) is 2. The minimum atomic E-state index is -0.426. The summed E-state index contributed by atoms with van der Waals surface area (Å²) < 4.78 is 1.73. The van der Waals surface area contributed by atoms with E-state index in [9.17, 15) is 14.9 Å². The van der Waals surface area contributed by atoms with E-state index in [1.165, 1.54) is 12.1 Å². The zero-order chi connectivity index (χ0) is 17.4. The molecule has 5 nitrogen and oxygen atoms in total. The maximum absolute atomic E-state index is 12.5. The summed E-state index contributed by atoms with van der Waals surface area (Å²) in [6.45, 7) is 6.37. The minimum absolute atomic E-state index is 0.0478. The average molecular weight is 322 g/mol. The van der Waals surface area contributed by atoms with Crippen molar-refractivity contribution >= 4 is 16.6 Å². The summed E-state index contributed by atoms with van der Waals surface area (Å²) in [7, 11) is 0. The molecule has 0 atom stereocenters. The molecule has 24 heavy (non-hydrogen) atoms. The van der Waals surface area contributed by atoms with Crippen molar-refractivity contribution < 1.29 is 4.92 Å². The van der Waals surface area contributed by atoms with Crippen LogP contribution in [0.4, 0.5) is 5.69 Å².